The molecular formula is C25H42NO6P. The number of hydrogen-bond acceptors (Lipinski definition) is 7. The quantitative estimate of drug-likeness (QED) is 0.312. The number of nitrogens with one attached hydrogen (secondary N) is 1. The van der Waals surface area contributed by atoms with Crippen molar-refractivity contribution in [2.75, 3.05) is 17.8 Å². The molecule has 0 aliphatic carbocycles. The average molecular weight is 484 g/mol. The van der Waals surface area contributed by atoms with Gasteiger partial charge in [0.2, 0.25) is 7.37 Å². The van der Waals surface area contributed by atoms with E-state index in [4.69, 9.17) is 14.0 Å². The zero-order valence-electron chi connectivity index (χ0n) is 21.7. The van der Waals surface area contributed by atoms with Crippen LogP contribution in [0.15, 0.2) is 30.3 Å². The number of esters is 2. The van der Waals surface area contributed by atoms with Crippen molar-refractivity contribution in [1.82, 2.24) is 0 Å². The summed E-state index contributed by atoms with van der Waals surface area (Å²) >= 11 is 0. The van der Waals surface area contributed by atoms with Gasteiger partial charge in [0.15, 0.2) is 0 Å². The molecule has 7 nitrogen and oxygen atoms in total. The van der Waals surface area contributed by atoms with Gasteiger partial charge in [-0.25, -0.2) is 0 Å². The van der Waals surface area contributed by atoms with Gasteiger partial charge in [0, 0.05) is 18.3 Å². The van der Waals surface area contributed by atoms with E-state index in [1.807, 2.05) is 51.1 Å². The van der Waals surface area contributed by atoms with Crippen molar-refractivity contribution in [3.05, 3.63) is 30.3 Å². The van der Waals surface area contributed by atoms with Crippen molar-refractivity contribution in [2.45, 2.75) is 92.0 Å². The lowest BCUT2D eigenvalue weighted by Gasteiger charge is -2.31. The van der Waals surface area contributed by atoms with Crippen LogP contribution in [0, 0.1) is 5.92 Å². The molecule has 0 radical (unpaired) electrons. The maximum Gasteiger partial charge on any atom is 0.310 e. The smallest absolute Gasteiger partial charge is 0.310 e. The maximum atomic E-state index is 13.9. The Hall–Kier alpha value is -1.85. The molecule has 1 aromatic rings. The first-order valence-corrected chi connectivity index (χ1v) is 13.4. The molecule has 1 aromatic carbocycles. The van der Waals surface area contributed by atoms with Crippen LogP contribution in [0.1, 0.15) is 75.2 Å². The number of hydrogen-bond donors (Lipinski definition) is 1. The number of benzene rings is 1. The summed E-state index contributed by atoms with van der Waals surface area (Å²) in [7, 11) is -3.35. The third kappa shape index (κ3) is 13.4. The molecule has 0 fully saturated rings. The fraction of sp³-hybridized carbons (Fsp3) is 0.680. The zero-order chi connectivity index (χ0) is 25.5. The van der Waals surface area contributed by atoms with E-state index in [1.165, 1.54) is 0 Å². The van der Waals surface area contributed by atoms with Crippen molar-refractivity contribution >= 4 is 25.0 Å². The molecule has 0 aromatic heterocycles. The highest BCUT2D eigenvalue weighted by atomic mass is 31.2. The molecule has 8 heteroatoms. The van der Waals surface area contributed by atoms with Gasteiger partial charge >= 0.3 is 11.9 Å². The fourth-order valence-corrected chi connectivity index (χ4v) is 5.78. The molecule has 1 N–H and O–H groups in total. The van der Waals surface area contributed by atoms with Crippen LogP contribution in [0.25, 0.3) is 0 Å². The van der Waals surface area contributed by atoms with Crippen LogP contribution >= 0.6 is 7.37 Å². The van der Waals surface area contributed by atoms with Gasteiger partial charge in [-0.3, -0.25) is 14.2 Å². The molecule has 0 spiro atoms. The lowest BCUT2D eigenvalue weighted by atomic mass is 10.0. The van der Waals surface area contributed by atoms with E-state index in [2.05, 4.69) is 5.32 Å². The summed E-state index contributed by atoms with van der Waals surface area (Å²) in [5.74, 6) is -1.68. The molecule has 0 saturated heterocycles. The van der Waals surface area contributed by atoms with Crippen LogP contribution in [0.5, 0.6) is 0 Å². The third-order valence-electron chi connectivity index (χ3n) is 4.09. The van der Waals surface area contributed by atoms with E-state index in [1.54, 1.807) is 41.5 Å². The number of ether oxygens (including phenoxy) is 2. The van der Waals surface area contributed by atoms with Crippen LogP contribution in [-0.2, 0) is 28.2 Å². The molecule has 2 unspecified atom stereocenters. The summed E-state index contributed by atoms with van der Waals surface area (Å²) in [5, 5.41) is 3.16. The molecule has 0 bridgehead atoms. The van der Waals surface area contributed by atoms with E-state index in [-0.39, 0.29) is 25.3 Å². The van der Waals surface area contributed by atoms with E-state index >= 15 is 0 Å². The van der Waals surface area contributed by atoms with Gasteiger partial charge in [-0.1, -0.05) is 18.2 Å². The normalized spacial score (nSPS) is 15.3. The van der Waals surface area contributed by atoms with Gasteiger partial charge in [0.25, 0.3) is 0 Å². The van der Waals surface area contributed by atoms with Gasteiger partial charge in [0.05, 0.1) is 17.8 Å². The molecule has 33 heavy (non-hydrogen) atoms. The van der Waals surface area contributed by atoms with Crippen molar-refractivity contribution in [2.24, 2.45) is 5.92 Å². The molecule has 188 valence electrons. The molecule has 0 saturated carbocycles. The second-order valence-electron chi connectivity index (χ2n) is 11.3. The Balaban J connectivity index is 3.09. The van der Waals surface area contributed by atoms with Crippen LogP contribution in [-0.4, -0.2) is 41.2 Å². The number of rotatable bonds is 10. The number of carbonyl (C=O) groups excluding carboxylic acids is 2. The van der Waals surface area contributed by atoms with Gasteiger partial charge in [-0.05, 0) is 80.9 Å². The SMILES string of the molecule is CC(C)(C)OC(=O)CCC(CP(=O)(CNc1ccccc1)OC(C)(C)C)C(=O)OC(C)(C)C. The lowest BCUT2D eigenvalue weighted by Crippen LogP contribution is -2.33. The van der Waals surface area contributed by atoms with Crippen molar-refractivity contribution in [3.8, 4) is 0 Å². The van der Waals surface area contributed by atoms with Crippen LogP contribution < -0.4 is 5.32 Å². The van der Waals surface area contributed by atoms with Crippen molar-refractivity contribution < 1.29 is 28.2 Å². The minimum atomic E-state index is -3.35. The Labute approximate surface area is 199 Å². The Morgan fingerprint density at radius 3 is 1.91 bits per heavy atom. The van der Waals surface area contributed by atoms with Gasteiger partial charge in [-0.15, -0.1) is 0 Å². The zero-order valence-corrected chi connectivity index (χ0v) is 22.6. The summed E-state index contributed by atoms with van der Waals surface area (Å²) in [6, 6.07) is 9.39. The predicted octanol–water partition coefficient (Wildman–Crippen LogP) is 6.23. The first-order valence-electron chi connectivity index (χ1n) is 11.4. The highest BCUT2D eigenvalue weighted by Crippen LogP contribution is 2.52. The topological polar surface area (TPSA) is 90.9 Å². The summed E-state index contributed by atoms with van der Waals surface area (Å²) < 4.78 is 30.9. The summed E-state index contributed by atoms with van der Waals surface area (Å²) in [5.41, 5.74) is -1.21. The standard InChI is InChI=1S/C25H42NO6P/c1-23(2,3)30-21(27)16-15-19(22(28)31-24(4,5)6)17-33(29,32-25(7,8)9)18-26-20-13-11-10-12-14-20/h10-14,19,26H,15-18H2,1-9H3. The number of carbonyl (C=O) groups is 2. The second-order valence-corrected chi connectivity index (χ2v) is 13.8. The summed E-state index contributed by atoms with van der Waals surface area (Å²) in [6.45, 7) is 16.2. The van der Waals surface area contributed by atoms with Crippen molar-refractivity contribution in [1.29, 1.82) is 0 Å². The largest absolute Gasteiger partial charge is 0.460 e. The summed E-state index contributed by atoms with van der Waals surface area (Å²) in [4.78, 5) is 25.3. The Morgan fingerprint density at radius 2 is 1.42 bits per heavy atom. The first kappa shape index (κ1) is 29.2. The highest BCUT2D eigenvalue weighted by Gasteiger charge is 2.37. The minimum Gasteiger partial charge on any atom is -0.460 e. The predicted molar refractivity (Wildman–Crippen MR) is 133 cm³/mol. The van der Waals surface area contributed by atoms with E-state index in [9.17, 15) is 14.2 Å². The van der Waals surface area contributed by atoms with Gasteiger partial charge in [-0.2, -0.15) is 0 Å². The van der Waals surface area contributed by atoms with E-state index in [0.717, 1.165) is 5.69 Å². The third-order valence-corrected chi connectivity index (χ3v) is 6.61. The molecular weight excluding hydrogens is 441 g/mol. The highest BCUT2D eigenvalue weighted by molar-refractivity contribution is 7.59. The Bertz CT molecular complexity index is 818. The maximum absolute atomic E-state index is 13.9. The molecule has 0 heterocycles. The van der Waals surface area contributed by atoms with Gasteiger partial charge < -0.3 is 19.3 Å². The van der Waals surface area contributed by atoms with Crippen LogP contribution in [0.4, 0.5) is 5.69 Å². The van der Waals surface area contributed by atoms with E-state index < -0.39 is 42.0 Å². The van der Waals surface area contributed by atoms with E-state index in [0.29, 0.717) is 0 Å². The molecule has 2 atom stereocenters. The molecule has 0 aliphatic rings. The van der Waals surface area contributed by atoms with Crippen molar-refractivity contribution in [3.63, 3.8) is 0 Å². The fourth-order valence-electron chi connectivity index (χ4n) is 3.09. The number of anilines is 1. The minimum absolute atomic E-state index is 0.0167. The monoisotopic (exact) mass is 483 g/mol. The lowest BCUT2D eigenvalue weighted by molar-refractivity contribution is -0.160. The Kier molecular flexibility index (Phi) is 10.2. The summed E-state index contributed by atoms with van der Waals surface area (Å²) in [6.07, 6.45) is 0.192. The second kappa shape index (κ2) is 11.5. The first-order chi connectivity index (χ1) is 14.9. The average Bonchev–Trinajstić information content (AvgIpc) is 2.60. The molecule has 0 aliphatic heterocycles. The molecule has 0 amide bonds. The van der Waals surface area contributed by atoms with Crippen LogP contribution in [0.2, 0.25) is 0 Å². The number of para-hydroxylation sites is 1. The molecule has 1 rings (SSSR count). The van der Waals surface area contributed by atoms with Gasteiger partial charge in [0.1, 0.15) is 11.2 Å². The Morgan fingerprint density at radius 1 is 0.879 bits per heavy atom. The van der Waals surface area contributed by atoms with Crippen LogP contribution in [0.3, 0.4) is 0 Å².